The van der Waals surface area contributed by atoms with E-state index in [9.17, 15) is 0 Å². The van der Waals surface area contributed by atoms with Gasteiger partial charge < -0.3 is 5.32 Å². The second-order valence-electron chi connectivity index (χ2n) is 3.68. The van der Waals surface area contributed by atoms with Gasteiger partial charge in [-0.05, 0) is 30.7 Å². The van der Waals surface area contributed by atoms with Crippen LogP contribution in [0.5, 0.6) is 0 Å². The fourth-order valence-corrected chi connectivity index (χ4v) is 2.09. The van der Waals surface area contributed by atoms with E-state index in [1.165, 1.54) is 10.5 Å². The average Bonchev–Trinajstić information content (AvgIpc) is 2.19. The quantitative estimate of drug-likeness (QED) is 0.590. The lowest BCUT2D eigenvalue weighted by Crippen LogP contribution is -2.09. The molecule has 0 heterocycles. The van der Waals surface area contributed by atoms with Crippen LogP contribution in [0.25, 0.3) is 0 Å². The summed E-state index contributed by atoms with van der Waals surface area (Å²) in [5, 5.41) is 3.15. The summed E-state index contributed by atoms with van der Waals surface area (Å²) in [6.07, 6.45) is 0. The van der Waals surface area contributed by atoms with E-state index >= 15 is 0 Å². The fraction of sp³-hybridized carbons (Fsp3) is 0.500. The Kier molecular flexibility index (Phi) is 5.05. The monoisotopic (exact) mass is 209 g/mol. The number of nitrogens with one attached hydrogen (secondary N) is 1. The minimum Gasteiger partial charge on any atom is -0.319 e. The maximum atomic E-state index is 3.15. The van der Waals surface area contributed by atoms with E-state index in [-0.39, 0.29) is 0 Å². The van der Waals surface area contributed by atoms with Gasteiger partial charge >= 0.3 is 0 Å². The molecule has 0 unspecified atom stereocenters. The number of hydrogen-bond acceptors (Lipinski definition) is 2. The standard InChI is InChI=1S/C12H19NS/c1-10(2)11-4-6-12(7-5-11)14-9-8-13-3/h4-7,10,13H,8-9H2,1-3H3. The molecule has 2 heteroatoms. The molecule has 0 spiro atoms. The molecule has 1 nitrogen and oxygen atoms in total. The number of hydrogen-bond donors (Lipinski definition) is 1. The van der Waals surface area contributed by atoms with Crippen LogP contribution in [0.3, 0.4) is 0 Å². The average molecular weight is 209 g/mol. The molecular weight excluding hydrogens is 190 g/mol. The summed E-state index contributed by atoms with van der Waals surface area (Å²) in [4.78, 5) is 1.37. The third-order valence-corrected chi connectivity index (χ3v) is 3.18. The molecule has 1 N–H and O–H groups in total. The summed E-state index contributed by atoms with van der Waals surface area (Å²) in [7, 11) is 1.99. The van der Waals surface area contributed by atoms with E-state index in [1.54, 1.807) is 0 Å². The highest BCUT2D eigenvalue weighted by Gasteiger charge is 1.98. The molecule has 1 aromatic carbocycles. The largest absolute Gasteiger partial charge is 0.319 e. The zero-order valence-electron chi connectivity index (χ0n) is 9.21. The summed E-state index contributed by atoms with van der Waals surface area (Å²) in [5.41, 5.74) is 1.42. The molecule has 78 valence electrons. The Morgan fingerprint density at radius 3 is 2.36 bits per heavy atom. The smallest absolute Gasteiger partial charge is 0.0105 e. The molecule has 0 aliphatic heterocycles. The van der Waals surface area contributed by atoms with Crippen LogP contribution in [0, 0.1) is 0 Å². The maximum absolute atomic E-state index is 3.15. The van der Waals surface area contributed by atoms with Gasteiger partial charge in [-0.25, -0.2) is 0 Å². The Morgan fingerprint density at radius 1 is 1.21 bits per heavy atom. The van der Waals surface area contributed by atoms with Gasteiger partial charge in [0.15, 0.2) is 0 Å². The van der Waals surface area contributed by atoms with Crippen LogP contribution in [-0.4, -0.2) is 19.3 Å². The van der Waals surface area contributed by atoms with Crippen molar-refractivity contribution >= 4 is 11.8 Å². The molecule has 0 aliphatic rings. The number of benzene rings is 1. The van der Waals surface area contributed by atoms with Crippen molar-refractivity contribution in [2.75, 3.05) is 19.3 Å². The summed E-state index contributed by atoms with van der Waals surface area (Å²) >= 11 is 1.90. The highest BCUT2D eigenvalue weighted by atomic mass is 32.2. The van der Waals surface area contributed by atoms with Crippen molar-refractivity contribution in [1.29, 1.82) is 0 Å². The first-order chi connectivity index (χ1) is 6.74. The van der Waals surface area contributed by atoms with Crippen LogP contribution in [0.4, 0.5) is 0 Å². The molecule has 0 bridgehead atoms. The molecule has 0 saturated heterocycles. The molecule has 1 aromatic rings. The van der Waals surface area contributed by atoms with Gasteiger partial charge in [-0.1, -0.05) is 26.0 Å². The third kappa shape index (κ3) is 3.72. The van der Waals surface area contributed by atoms with Gasteiger partial charge in [0, 0.05) is 17.2 Å². The Bertz CT molecular complexity index is 254. The van der Waals surface area contributed by atoms with Crippen LogP contribution in [0.1, 0.15) is 25.3 Å². The molecular formula is C12H19NS. The van der Waals surface area contributed by atoms with E-state index in [0.717, 1.165) is 12.3 Å². The molecule has 0 saturated carbocycles. The molecule has 14 heavy (non-hydrogen) atoms. The summed E-state index contributed by atoms with van der Waals surface area (Å²) < 4.78 is 0. The zero-order chi connectivity index (χ0) is 10.4. The van der Waals surface area contributed by atoms with Crippen LogP contribution in [0.15, 0.2) is 29.2 Å². The van der Waals surface area contributed by atoms with Gasteiger partial charge in [0.05, 0.1) is 0 Å². The Balaban J connectivity index is 2.47. The topological polar surface area (TPSA) is 12.0 Å². The lowest BCUT2D eigenvalue weighted by Gasteiger charge is -2.06. The van der Waals surface area contributed by atoms with Crippen molar-refractivity contribution in [2.24, 2.45) is 0 Å². The molecule has 0 fully saturated rings. The molecule has 0 atom stereocenters. The van der Waals surface area contributed by atoms with Crippen LogP contribution in [0.2, 0.25) is 0 Å². The van der Waals surface area contributed by atoms with Gasteiger partial charge in [0.25, 0.3) is 0 Å². The third-order valence-electron chi connectivity index (χ3n) is 2.17. The van der Waals surface area contributed by atoms with E-state index in [4.69, 9.17) is 0 Å². The highest BCUT2D eigenvalue weighted by molar-refractivity contribution is 7.99. The summed E-state index contributed by atoms with van der Waals surface area (Å²) in [6, 6.07) is 8.89. The Hall–Kier alpha value is -0.470. The zero-order valence-corrected chi connectivity index (χ0v) is 10.0. The minimum absolute atomic E-state index is 0.631. The summed E-state index contributed by atoms with van der Waals surface area (Å²) in [5.74, 6) is 1.77. The first kappa shape index (κ1) is 11.6. The van der Waals surface area contributed by atoms with E-state index in [0.29, 0.717) is 5.92 Å². The number of rotatable bonds is 5. The van der Waals surface area contributed by atoms with Gasteiger partial charge in [0.2, 0.25) is 0 Å². The SMILES string of the molecule is CNCCSc1ccc(C(C)C)cc1. The van der Waals surface area contributed by atoms with Crippen LogP contribution < -0.4 is 5.32 Å². The normalized spacial score (nSPS) is 10.9. The molecule has 0 radical (unpaired) electrons. The van der Waals surface area contributed by atoms with Crippen LogP contribution >= 0.6 is 11.8 Å². The molecule has 1 rings (SSSR count). The lowest BCUT2D eigenvalue weighted by molar-refractivity contribution is 0.864. The highest BCUT2D eigenvalue weighted by Crippen LogP contribution is 2.21. The summed E-state index contributed by atoms with van der Waals surface area (Å²) in [6.45, 7) is 5.52. The van der Waals surface area contributed by atoms with Gasteiger partial charge in [0.1, 0.15) is 0 Å². The van der Waals surface area contributed by atoms with E-state index < -0.39 is 0 Å². The fourth-order valence-electron chi connectivity index (χ4n) is 1.22. The van der Waals surface area contributed by atoms with Crippen molar-refractivity contribution in [3.8, 4) is 0 Å². The van der Waals surface area contributed by atoms with E-state index in [2.05, 4.69) is 43.4 Å². The predicted molar refractivity (Wildman–Crippen MR) is 65.2 cm³/mol. The number of thioether (sulfide) groups is 1. The molecule has 0 aliphatic carbocycles. The van der Waals surface area contributed by atoms with Crippen LogP contribution in [-0.2, 0) is 0 Å². The Morgan fingerprint density at radius 2 is 1.86 bits per heavy atom. The van der Waals surface area contributed by atoms with Crippen molar-refractivity contribution < 1.29 is 0 Å². The van der Waals surface area contributed by atoms with E-state index in [1.807, 2.05) is 18.8 Å². The van der Waals surface area contributed by atoms with Crippen molar-refractivity contribution in [2.45, 2.75) is 24.7 Å². The van der Waals surface area contributed by atoms with Crippen molar-refractivity contribution in [3.05, 3.63) is 29.8 Å². The molecule has 0 amide bonds. The Labute approximate surface area is 91.3 Å². The van der Waals surface area contributed by atoms with Gasteiger partial charge in [-0.2, -0.15) is 0 Å². The van der Waals surface area contributed by atoms with Crippen molar-refractivity contribution in [1.82, 2.24) is 5.32 Å². The second-order valence-corrected chi connectivity index (χ2v) is 4.84. The molecule has 0 aromatic heterocycles. The second kappa shape index (κ2) is 6.10. The van der Waals surface area contributed by atoms with Crippen molar-refractivity contribution in [3.63, 3.8) is 0 Å². The van der Waals surface area contributed by atoms with Gasteiger partial charge in [-0.15, -0.1) is 11.8 Å². The first-order valence-corrected chi connectivity index (χ1v) is 6.10. The lowest BCUT2D eigenvalue weighted by atomic mass is 10.0. The predicted octanol–water partition coefficient (Wildman–Crippen LogP) is 3.12. The van der Waals surface area contributed by atoms with Gasteiger partial charge in [-0.3, -0.25) is 0 Å². The first-order valence-electron chi connectivity index (χ1n) is 5.11. The maximum Gasteiger partial charge on any atom is 0.0105 e. The minimum atomic E-state index is 0.631.